The topological polar surface area (TPSA) is 81.5 Å². The van der Waals surface area contributed by atoms with Gasteiger partial charge in [0.1, 0.15) is 11.2 Å². The van der Waals surface area contributed by atoms with Crippen molar-refractivity contribution in [3.8, 4) is 5.69 Å². The number of hydrogen-bond donors (Lipinski definition) is 0. The summed E-state index contributed by atoms with van der Waals surface area (Å²) in [6.07, 6.45) is 4.22. The molecular weight excluding hydrogens is 445 g/mol. The van der Waals surface area contributed by atoms with Crippen LogP contribution in [-0.2, 0) is 26.0 Å². The van der Waals surface area contributed by atoms with Crippen LogP contribution in [0.5, 0.6) is 0 Å². The second kappa shape index (κ2) is 7.93. The van der Waals surface area contributed by atoms with Crippen LogP contribution in [0.15, 0.2) is 71.3 Å². The quantitative estimate of drug-likeness (QED) is 0.551. The first-order chi connectivity index (χ1) is 15.8. The first-order valence-electron chi connectivity index (χ1n) is 10.5. The van der Waals surface area contributed by atoms with Crippen molar-refractivity contribution in [2.75, 3.05) is 20.2 Å². The van der Waals surface area contributed by atoms with E-state index in [9.17, 15) is 17.6 Å². The number of fused-ring (bicyclic) bond motifs is 2. The van der Waals surface area contributed by atoms with E-state index >= 15 is 0 Å². The van der Waals surface area contributed by atoms with Crippen LogP contribution in [0.1, 0.15) is 17.7 Å². The first kappa shape index (κ1) is 21.5. The molecule has 170 valence electrons. The number of halogens is 1. The number of methoxy groups -OCH3 is 1. The molecule has 0 spiro atoms. The SMILES string of the molecule is COC(=O)[C@]12Cc3cnn(-c4ccc(F)cc4)c3C=C1CCN(S(=O)(=O)c1ccccc1)C2. The van der Waals surface area contributed by atoms with Gasteiger partial charge < -0.3 is 4.74 Å². The van der Waals surface area contributed by atoms with Gasteiger partial charge in [-0.2, -0.15) is 9.40 Å². The van der Waals surface area contributed by atoms with Crippen molar-refractivity contribution < 1.29 is 22.3 Å². The predicted molar refractivity (Wildman–Crippen MR) is 119 cm³/mol. The molecule has 0 saturated carbocycles. The number of benzene rings is 2. The first-order valence-corrected chi connectivity index (χ1v) is 12.0. The molecule has 33 heavy (non-hydrogen) atoms. The fraction of sp³-hybridized carbons (Fsp3) is 0.250. The lowest BCUT2D eigenvalue weighted by atomic mass is 9.69. The number of ether oxygens (including phenoxy) is 1. The van der Waals surface area contributed by atoms with E-state index in [1.807, 2.05) is 6.08 Å². The zero-order valence-corrected chi connectivity index (χ0v) is 18.8. The summed E-state index contributed by atoms with van der Waals surface area (Å²) in [5.74, 6) is -0.809. The van der Waals surface area contributed by atoms with Crippen LogP contribution in [0.4, 0.5) is 4.39 Å². The van der Waals surface area contributed by atoms with Gasteiger partial charge in [0, 0.05) is 13.1 Å². The number of aromatic nitrogens is 2. The minimum absolute atomic E-state index is 0.0100. The number of sulfonamides is 1. The van der Waals surface area contributed by atoms with Crippen LogP contribution in [0.2, 0.25) is 0 Å². The summed E-state index contributed by atoms with van der Waals surface area (Å²) in [4.78, 5) is 13.3. The maximum atomic E-state index is 13.4. The highest BCUT2D eigenvalue weighted by atomic mass is 32.2. The number of carbonyl (C=O) groups excluding carboxylic acids is 1. The molecule has 1 aliphatic carbocycles. The molecule has 1 aliphatic heterocycles. The van der Waals surface area contributed by atoms with Gasteiger partial charge in [-0.25, -0.2) is 17.5 Å². The van der Waals surface area contributed by atoms with E-state index in [-0.39, 0.29) is 30.2 Å². The second-order valence-corrected chi connectivity index (χ2v) is 10.2. The summed E-state index contributed by atoms with van der Waals surface area (Å²) < 4.78 is 48.2. The Balaban J connectivity index is 1.55. The smallest absolute Gasteiger partial charge is 0.317 e. The number of piperidine rings is 1. The van der Waals surface area contributed by atoms with E-state index in [1.54, 1.807) is 53.3 Å². The molecule has 2 aromatic carbocycles. The minimum atomic E-state index is -3.77. The highest BCUT2D eigenvalue weighted by Gasteiger charge is 2.51. The van der Waals surface area contributed by atoms with Crippen molar-refractivity contribution in [1.82, 2.24) is 14.1 Å². The Hall–Kier alpha value is -3.30. The van der Waals surface area contributed by atoms with Crippen molar-refractivity contribution in [3.63, 3.8) is 0 Å². The third-order valence-corrected chi connectivity index (χ3v) is 8.27. The van der Waals surface area contributed by atoms with Gasteiger partial charge in [-0.05, 0) is 66.5 Å². The average Bonchev–Trinajstić information content (AvgIpc) is 3.24. The van der Waals surface area contributed by atoms with E-state index in [2.05, 4.69) is 5.10 Å². The van der Waals surface area contributed by atoms with Crippen LogP contribution >= 0.6 is 0 Å². The summed E-state index contributed by atoms with van der Waals surface area (Å²) in [5.41, 5.74) is 1.98. The molecule has 9 heteroatoms. The molecule has 0 amide bonds. The summed E-state index contributed by atoms with van der Waals surface area (Å²) in [7, 11) is -2.45. The van der Waals surface area contributed by atoms with Crippen molar-refractivity contribution in [1.29, 1.82) is 0 Å². The number of esters is 1. The summed E-state index contributed by atoms with van der Waals surface area (Å²) in [6.45, 7) is 0.242. The van der Waals surface area contributed by atoms with Gasteiger partial charge >= 0.3 is 5.97 Å². The summed E-state index contributed by atoms with van der Waals surface area (Å²) in [5, 5.41) is 4.45. The molecule has 5 rings (SSSR count). The molecule has 1 aromatic heterocycles. The predicted octanol–water partition coefficient (Wildman–Crippen LogP) is 3.20. The Morgan fingerprint density at radius 2 is 1.85 bits per heavy atom. The van der Waals surface area contributed by atoms with Crippen LogP contribution in [0.3, 0.4) is 0 Å². The fourth-order valence-corrected chi connectivity index (χ4v) is 6.24. The summed E-state index contributed by atoms with van der Waals surface area (Å²) >= 11 is 0. The van der Waals surface area contributed by atoms with Gasteiger partial charge in [-0.3, -0.25) is 4.79 Å². The highest BCUT2D eigenvalue weighted by molar-refractivity contribution is 7.89. The van der Waals surface area contributed by atoms with E-state index in [0.29, 0.717) is 12.1 Å². The van der Waals surface area contributed by atoms with Crippen LogP contribution in [-0.4, -0.2) is 48.7 Å². The van der Waals surface area contributed by atoms with Gasteiger partial charge in [-0.1, -0.05) is 18.2 Å². The third kappa shape index (κ3) is 3.48. The Labute approximate surface area is 191 Å². The van der Waals surface area contributed by atoms with Gasteiger partial charge in [0.2, 0.25) is 10.0 Å². The van der Waals surface area contributed by atoms with Crippen molar-refractivity contribution in [3.05, 3.63) is 83.4 Å². The van der Waals surface area contributed by atoms with E-state index in [4.69, 9.17) is 4.74 Å². The molecule has 0 radical (unpaired) electrons. The molecule has 1 saturated heterocycles. The Kier molecular flexibility index (Phi) is 5.18. The molecule has 7 nitrogen and oxygen atoms in total. The zero-order chi connectivity index (χ0) is 23.2. The van der Waals surface area contributed by atoms with Crippen LogP contribution < -0.4 is 0 Å². The van der Waals surface area contributed by atoms with Crippen molar-refractivity contribution in [2.45, 2.75) is 17.7 Å². The van der Waals surface area contributed by atoms with E-state index < -0.39 is 21.4 Å². The normalized spacial score (nSPS) is 20.5. The number of nitrogens with zero attached hydrogens (tertiary/aromatic N) is 3. The maximum Gasteiger partial charge on any atom is 0.317 e. The van der Waals surface area contributed by atoms with Gasteiger partial charge in [0.25, 0.3) is 0 Å². The average molecular weight is 468 g/mol. The van der Waals surface area contributed by atoms with Crippen molar-refractivity contribution in [2.24, 2.45) is 5.41 Å². The molecule has 1 atom stereocenters. The molecule has 3 aromatic rings. The summed E-state index contributed by atoms with van der Waals surface area (Å²) in [6, 6.07) is 14.2. The van der Waals surface area contributed by atoms with Crippen LogP contribution in [0, 0.1) is 11.2 Å². The monoisotopic (exact) mass is 467 g/mol. The fourth-order valence-electron chi connectivity index (χ4n) is 4.72. The molecule has 0 bridgehead atoms. The molecule has 0 unspecified atom stereocenters. The van der Waals surface area contributed by atoms with E-state index in [1.165, 1.54) is 23.5 Å². The lowest BCUT2D eigenvalue weighted by molar-refractivity contribution is -0.151. The number of rotatable bonds is 4. The maximum absolute atomic E-state index is 13.4. The standard InChI is InChI=1S/C24H22FN3O4S/c1-32-23(29)24-14-17-15-26-28(20-9-7-19(25)8-10-20)22(17)13-18(24)11-12-27(16-24)33(30,31)21-5-3-2-4-6-21/h2-10,13,15H,11-12,14,16H2,1H3/t24-/m0/s1. The molecule has 1 fully saturated rings. The minimum Gasteiger partial charge on any atom is -0.468 e. The van der Waals surface area contributed by atoms with Crippen molar-refractivity contribution >= 4 is 22.1 Å². The van der Waals surface area contributed by atoms with Gasteiger partial charge in [0.15, 0.2) is 0 Å². The van der Waals surface area contributed by atoms with Gasteiger partial charge in [0.05, 0.1) is 29.6 Å². The Morgan fingerprint density at radius 1 is 1.12 bits per heavy atom. The van der Waals surface area contributed by atoms with E-state index in [0.717, 1.165) is 16.8 Å². The molecule has 2 aliphatic rings. The largest absolute Gasteiger partial charge is 0.468 e. The molecule has 0 N–H and O–H groups in total. The highest BCUT2D eigenvalue weighted by Crippen LogP contribution is 2.46. The Bertz CT molecular complexity index is 1350. The Morgan fingerprint density at radius 3 is 2.55 bits per heavy atom. The van der Waals surface area contributed by atoms with Crippen LogP contribution in [0.25, 0.3) is 11.8 Å². The third-order valence-electron chi connectivity index (χ3n) is 6.41. The molecule has 2 heterocycles. The lowest BCUT2D eigenvalue weighted by Crippen LogP contribution is -2.53. The zero-order valence-electron chi connectivity index (χ0n) is 17.9. The number of carbonyl (C=O) groups is 1. The molecular formula is C24H22FN3O4S. The second-order valence-electron chi connectivity index (χ2n) is 8.26. The van der Waals surface area contributed by atoms with Gasteiger partial charge in [-0.15, -0.1) is 0 Å². The number of hydrogen-bond acceptors (Lipinski definition) is 5. The lowest BCUT2D eigenvalue weighted by Gasteiger charge is -2.43.